The minimum absolute atomic E-state index is 0.0974. The third kappa shape index (κ3) is 4.13. The van der Waals surface area contributed by atoms with Gasteiger partial charge in [0.2, 0.25) is 0 Å². The van der Waals surface area contributed by atoms with E-state index in [9.17, 15) is 18.8 Å². The van der Waals surface area contributed by atoms with Gasteiger partial charge in [-0.15, -0.1) is 0 Å². The molecule has 2 heterocycles. The average Bonchev–Trinajstić information content (AvgIpc) is 3.26. The molecule has 156 valence electrons. The molecule has 0 radical (unpaired) electrons. The molecule has 9 heteroatoms. The van der Waals surface area contributed by atoms with Crippen molar-refractivity contribution in [3.8, 4) is 28.7 Å². The summed E-state index contributed by atoms with van der Waals surface area (Å²) in [6.07, 6.45) is 3.40. The van der Waals surface area contributed by atoms with Crippen LogP contribution in [0.1, 0.15) is 11.1 Å². The number of aryl methyl sites for hydroxylation is 1. The fourth-order valence-corrected chi connectivity index (χ4v) is 3.66. The van der Waals surface area contributed by atoms with Crippen molar-refractivity contribution in [3.63, 3.8) is 0 Å². The van der Waals surface area contributed by atoms with Crippen LogP contribution >= 0.6 is 0 Å². The fraction of sp³-hybridized carbons (Fsp3) is 0.0909. The zero-order valence-corrected chi connectivity index (χ0v) is 17.2. The number of nitrogens with one attached hydrogen (secondary N) is 2. The third-order valence-electron chi connectivity index (χ3n) is 4.85. The molecule has 0 aliphatic heterocycles. The van der Waals surface area contributed by atoms with E-state index < -0.39 is 11.3 Å². The van der Waals surface area contributed by atoms with E-state index in [0.29, 0.717) is 39.1 Å². The van der Waals surface area contributed by atoms with Crippen LogP contribution in [0.5, 0.6) is 11.5 Å². The van der Waals surface area contributed by atoms with Gasteiger partial charge in [-0.3, -0.25) is 9.00 Å². The van der Waals surface area contributed by atoms with Gasteiger partial charge in [0.15, 0.2) is 0 Å². The first kappa shape index (κ1) is 20.6. The second-order valence-corrected chi connectivity index (χ2v) is 7.58. The maximum atomic E-state index is 12.5. The minimum Gasteiger partial charge on any atom is -0.760 e. The monoisotopic (exact) mass is 433 g/mol. The second kappa shape index (κ2) is 8.57. The van der Waals surface area contributed by atoms with Gasteiger partial charge in [0.25, 0.3) is 5.56 Å². The maximum Gasteiger partial charge on any atom is 0.274 e. The Morgan fingerprint density at radius 3 is 2.77 bits per heavy atom. The molecule has 0 bridgehead atoms. The van der Waals surface area contributed by atoms with Gasteiger partial charge < -0.3 is 18.8 Å². The molecule has 2 aromatic heterocycles. The molecule has 4 aromatic rings. The lowest BCUT2D eigenvalue weighted by atomic mass is 10.00. The molecule has 0 aliphatic carbocycles. The van der Waals surface area contributed by atoms with Gasteiger partial charge in [-0.05, 0) is 35.9 Å². The van der Waals surface area contributed by atoms with Crippen molar-refractivity contribution in [2.75, 3.05) is 0 Å². The van der Waals surface area contributed by atoms with Crippen molar-refractivity contribution in [1.82, 2.24) is 14.3 Å². The first-order chi connectivity index (χ1) is 15.0. The molecule has 0 saturated heterocycles. The highest BCUT2D eigenvalue weighted by atomic mass is 32.2. The largest absolute Gasteiger partial charge is 0.760 e. The lowest BCUT2D eigenvalue weighted by Crippen LogP contribution is -2.17. The highest BCUT2D eigenvalue weighted by Gasteiger charge is 2.16. The SMILES string of the molecule is Cn1cc(-c2cc(CNS(=O)[O-])ccc2Oc2ccccc2C#N)c2cc[nH]c2c1=O. The summed E-state index contributed by atoms with van der Waals surface area (Å²) in [6.45, 7) is 0.0974. The van der Waals surface area contributed by atoms with Crippen molar-refractivity contribution in [3.05, 3.63) is 82.4 Å². The van der Waals surface area contributed by atoms with Gasteiger partial charge in [0.05, 0.1) is 5.56 Å². The van der Waals surface area contributed by atoms with Crippen LogP contribution in [-0.4, -0.2) is 18.3 Å². The number of rotatable bonds is 6. The molecule has 8 nitrogen and oxygen atoms in total. The van der Waals surface area contributed by atoms with E-state index in [4.69, 9.17) is 4.74 Å². The minimum atomic E-state index is -2.40. The number of ether oxygens (including phenoxy) is 1. The summed E-state index contributed by atoms with van der Waals surface area (Å²) in [5.41, 5.74) is 2.76. The third-order valence-corrected chi connectivity index (χ3v) is 5.23. The van der Waals surface area contributed by atoms with E-state index in [-0.39, 0.29) is 12.1 Å². The van der Waals surface area contributed by atoms with Gasteiger partial charge in [-0.2, -0.15) is 5.26 Å². The van der Waals surface area contributed by atoms with Gasteiger partial charge in [0.1, 0.15) is 23.1 Å². The molecular weight excluding hydrogens is 416 g/mol. The van der Waals surface area contributed by atoms with Gasteiger partial charge in [-0.1, -0.05) is 18.2 Å². The molecule has 1 atom stereocenters. The Morgan fingerprint density at radius 2 is 2.00 bits per heavy atom. The van der Waals surface area contributed by atoms with E-state index in [1.807, 2.05) is 0 Å². The number of pyridine rings is 1. The van der Waals surface area contributed by atoms with Crippen molar-refractivity contribution in [2.45, 2.75) is 6.54 Å². The first-order valence-corrected chi connectivity index (χ1v) is 10.3. The fourth-order valence-electron chi connectivity index (χ4n) is 3.38. The lowest BCUT2D eigenvalue weighted by molar-refractivity contribution is 0.482. The number of fused-ring (bicyclic) bond motifs is 1. The predicted octanol–water partition coefficient (Wildman–Crippen LogP) is 3.08. The lowest BCUT2D eigenvalue weighted by Gasteiger charge is -2.16. The number of nitrogens with zero attached hydrogens (tertiary/aromatic N) is 2. The van der Waals surface area contributed by atoms with Crippen molar-refractivity contribution in [1.29, 1.82) is 5.26 Å². The zero-order chi connectivity index (χ0) is 22.0. The Bertz CT molecular complexity index is 1400. The van der Waals surface area contributed by atoms with Gasteiger partial charge in [-0.25, -0.2) is 4.72 Å². The predicted molar refractivity (Wildman–Crippen MR) is 116 cm³/mol. The van der Waals surface area contributed by atoms with Crippen LogP contribution in [0.2, 0.25) is 0 Å². The van der Waals surface area contributed by atoms with Crippen LogP contribution in [-0.2, 0) is 24.9 Å². The second-order valence-electron chi connectivity index (χ2n) is 6.82. The smallest absolute Gasteiger partial charge is 0.274 e. The number of nitriles is 1. The molecule has 2 aromatic carbocycles. The number of aromatic amines is 1. The molecular formula is C22H17N4O4S-. The van der Waals surface area contributed by atoms with Gasteiger partial charge >= 0.3 is 0 Å². The Hall–Kier alpha value is -3.71. The van der Waals surface area contributed by atoms with E-state index in [2.05, 4.69) is 15.8 Å². The molecule has 4 rings (SSSR count). The topological polar surface area (TPSA) is 123 Å². The highest BCUT2D eigenvalue weighted by Crippen LogP contribution is 2.37. The summed E-state index contributed by atoms with van der Waals surface area (Å²) >= 11 is -2.40. The molecule has 0 amide bonds. The standard InChI is InChI=1S/C22H18N4O4S/c1-26-13-18(16-8-9-24-21(16)22(26)27)17-10-14(12-25-31(28)29)6-7-20(17)30-19-5-3-2-4-15(19)11-23/h2-10,13,24-25H,12H2,1H3,(H,28,29)/p-1. The number of hydrogen-bond donors (Lipinski definition) is 2. The number of para-hydroxylation sites is 1. The normalized spacial score (nSPS) is 11.9. The van der Waals surface area contributed by atoms with Crippen LogP contribution in [0.4, 0.5) is 0 Å². The molecule has 0 aliphatic rings. The van der Waals surface area contributed by atoms with E-state index in [1.165, 1.54) is 4.57 Å². The number of aromatic nitrogens is 2. The Morgan fingerprint density at radius 1 is 1.19 bits per heavy atom. The summed E-state index contributed by atoms with van der Waals surface area (Å²) in [5.74, 6) is 0.865. The molecule has 1 unspecified atom stereocenters. The van der Waals surface area contributed by atoms with Crippen molar-refractivity contribution >= 4 is 22.2 Å². The Labute approximate surface area is 180 Å². The van der Waals surface area contributed by atoms with E-state index in [1.54, 1.807) is 68.0 Å². The van der Waals surface area contributed by atoms with E-state index in [0.717, 1.165) is 5.56 Å². The van der Waals surface area contributed by atoms with Crippen LogP contribution in [0.15, 0.2) is 65.7 Å². The molecule has 0 fully saturated rings. The van der Waals surface area contributed by atoms with E-state index >= 15 is 0 Å². The average molecular weight is 433 g/mol. The summed E-state index contributed by atoms with van der Waals surface area (Å²) in [4.78, 5) is 15.4. The first-order valence-electron chi connectivity index (χ1n) is 9.27. The highest BCUT2D eigenvalue weighted by molar-refractivity contribution is 7.77. The van der Waals surface area contributed by atoms with Crippen molar-refractivity contribution < 1.29 is 13.5 Å². The zero-order valence-electron chi connectivity index (χ0n) is 16.4. The molecule has 2 N–H and O–H groups in total. The summed E-state index contributed by atoms with van der Waals surface area (Å²) in [5, 5.41) is 10.1. The molecule has 31 heavy (non-hydrogen) atoms. The van der Waals surface area contributed by atoms with Crippen molar-refractivity contribution in [2.24, 2.45) is 7.05 Å². The van der Waals surface area contributed by atoms with Crippen LogP contribution in [0, 0.1) is 11.3 Å². The van der Waals surface area contributed by atoms with Gasteiger partial charge in [0, 0.05) is 53.8 Å². The molecule has 0 saturated carbocycles. The number of hydrogen-bond acceptors (Lipinski definition) is 5. The van der Waals surface area contributed by atoms with Crippen LogP contribution < -0.4 is 15.0 Å². The van der Waals surface area contributed by atoms with Crippen LogP contribution in [0.25, 0.3) is 22.0 Å². The number of benzene rings is 2. The Kier molecular flexibility index (Phi) is 5.68. The Balaban J connectivity index is 1.90. The van der Waals surface area contributed by atoms with Crippen LogP contribution in [0.3, 0.4) is 0 Å². The summed E-state index contributed by atoms with van der Waals surface area (Å²) < 4.78 is 31.8. The number of H-pyrrole nitrogens is 1. The summed E-state index contributed by atoms with van der Waals surface area (Å²) in [6, 6.07) is 16.1. The maximum absolute atomic E-state index is 12.5. The summed E-state index contributed by atoms with van der Waals surface area (Å²) in [7, 11) is 1.66. The quantitative estimate of drug-likeness (QED) is 0.452. The molecule has 0 spiro atoms.